The molecule has 0 aliphatic heterocycles. The molecule has 11 heavy (non-hydrogen) atoms. The van der Waals surface area contributed by atoms with Crippen molar-refractivity contribution >= 4 is 5.78 Å². The number of rotatable bonds is 6. The first-order chi connectivity index (χ1) is 5.24. The molecular weight excluding hydrogens is 146 g/mol. The molecular formula is C7H15NO3. The molecule has 0 aromatic carbocycles. The van der Waals surface area contributed by atoms with Crippen LogP contribution in [0.15, 0.2) is 0 Å². The summed E-state index contributed by atoms with van der Waals surface area (Å²) in [5, 5.41) is 19.9. The quantitative estimate of drug-likeness (QED) is 0.456. The standard InChI is InChI=1S/C7H15NO3/c1-8-3-7(11)2-6(4-9)5-10/h6,8-10H,2-5H2,1H3. The Morgan fingerprint density at radius 3 is 2.36 bits per heavy atom. The highest BCUT2D eigenvalue weighted by Crippen LogP contribution is 2.00. The molecule has 0 aromatic heterocycles. The van der Waals surface area contributed by atoms with Crippen LogP contribution in [0.2, 0.25) is 0 Å². The average molecular weight is 161 g/mol. The molecule has 0 heterocycles. The van der Waals surface area contributed by atoms with Crippen LogP contribution in [0.25, 0.3) is 0 Å². The monoisotopic (exact) mass is 161 g/mol. The van der Waals surface area contributed by atoms with E-state index in [1.165, 1.54) is 0 Å². The number of nitrogens with one attached hydrogen (secondary N) is 1. The third-order valence-electron chi connectivity index (χ3n) is 1.41. The molecule has 66 valence electrons. The van der Waals surface area contributed by atoms with E-state index in [0.29, 0.717) is 6.54 Å². The minimum Gasteiger partial charge on any atom is -0.396 e. The van der Waals surface area contributed by atoms with Crippen LogP contribution >= 0.6 is 0 Å². The highest BCUT2D eigenvalue weighted by atomic mass is 16.3. The zero-order valence-electron chi connectivity index (χ0n) is 6.71. The predicted molar refractivity (Wildman–Crippen MR) is 41.2 cm³/mol. The molecule has 4 heteroatoms. The highest BCUT2D eigenvalue weighted by molar-refractivity contribution is 5.80. The number of carbonyl (C=O) groups is 1. The number of aliphatic hydroxyl groups is 2. The Labute approximate surface area is 66.2 Å². The van der Waals surface area contributed by atoms with E-state index >= 15 is 0 Å². The van der Waals surface area contributed by atoms with Crippen molar-refractivity contribution in [2.75, 3.05) is 26.8 Å². The number of hydrogen-bond donors (Lipinski definition) is 3. The fourth-order valence-corrected chi connectivity index (χ4v) is 0.778. The van der Waals surface area contributed by atoms with Crippen LogP contribution in [0.1, 0.15) is 6.42 Å². The van der Waals surface area contributed by atoms with Gasteiger partial charge in [0.05, 0.1) is 6.54 Å². The molecule has 0 aromatic rings. The van der Waals surface area contributed by atoms with Crippen molar-refractivity contribution < 1.29 is 15.0 Å². The van der Waals surface area contributed by atoms with Crippen LogP contribution in [0.5, 0.6) is 0 Å². The summed E-state index contributed by atoms with van der Waals surface area (Å²) in [6.07, 6.45) is 0.244. The summed E-state index contributed by atoms with van der Waals surface area (Å²) in [4.78, 5) is 10.9. The number of likely N-dealkylation sites (N-methyl/N-ethyl adjacent to an activating group) is 1. The first-order valence-electron chi connectivity index (χ1n) is 3.62. The van der Waals surface area contributed by atoms with E-state index < -0.39 is 0 Å². The van der Waals surface area contributed by atoms with E-state index in [-0.39, 0.29) is 31.3 Å². The van der Waals surface area contributed by atoms with Crippen LogP contribution in [0.4, 0.5) is 0 Å². The Bertz CT molecular complexity index is 112. The molecule has 0 saturated carbocycles. The molecule has 0 aliphatic rings. The van der Waals surface area contributed by atoms with Crippen molar-refractivity contribution in [2.24, 2.45) is 5.92 Å². The van der Waals surface area contributed by atoms with E-state index in [9.17, 15) is 4.79 Å². The van der Waals surface area contributed by atoms with Crippen molar-refractivity contribution in [1.82, 2.24) is 5.32 Å². The smallest absolute Gasteiger partial charge is 0.147 e. The molecule has 0 amide bonds. The van der Waals surface area contributed by atoms with Crippen molar-refractivity contribution in [3.8, 4) is 0 Å². The second-order valence-corrected chi connectivity index (χ2v) is 2.50. The van der Waals surface area contributed by atoms with Crippen molar-refractivity contribution in [3.05, 3.63) is 0 Å². The second-order valence-electron chi connectivity index (χ2n) is 2.50. The summed E-state index contributed by atoms with van der Waals surface area (Å²) < 4.78 is 0. The van der Waals surface area contributed by atoms with Crippen LogP contribution in [0.3, 0.4) is 0 Å². The van der Waals surface area contributed by atoms with Crippen LogP contribution in [-0.2, 0) is 4.79 Å². The summed E-state index contributed by atoms with van der Waals surface area (Å²) >= 11 is 0. The molecule has 0 saturated heterocycles. The topological polar surface area (TPSA) is 69.6 Å². The predicted octanol–water partition coefficient (Wildman–Crippen LogP) is -1.23. The number of Topliss-reactive ketones (excluding diaryl/α,β-unsaturated/α-hetero) is 1. The van der Waals surface area contributed by atoms with E-state index in [1.807, 2.05) is 0 Å². The van der Waals surface area contributed by atoms with Gasteiger partial charge in [-0.2, -0.15) is 0 Å². The summed E-state index contributed by atoms with van der Waals surface area (Å²) in [6, 6.07) is 0. The van der Waals surface area contributed by atoms with E-state index in [1.54, 1.807) is 7.05 Å². The molecule has 0 unspecified atom stereocenters. The average Bonchev–Trinajstić information content (AvgIpc) is 2.01. The fourth-order valence-electron chi connectivity index (χ4n) is 0.778. The van der Waals surface area contributed by atoms with Gasteiger partial charge in [-0.1, -0.05) is 0 Å². The zero-order valence-corrected chi connectivity index (χ0v) is 6.71. The highest BCUT2D eigenvalue weighted by Gasteiger charge is 2.10. The van der Waals surface area contributed by atoms with Crippen molar-refractivity contribution in [1.29, 1.82) is 0 Å². The number of carbonyl (C=O) groups excluding carboxylic acids is 1. The maximum atomic E-state index is 10.9. The Morgan fingerprint density at radius 2 is 2.00 bits per heavy atom. The molecule has 3 N–H and O–H groups in total. The largest absolute Gasteiger partial charge is 0.396 e. The Morgan fingerprint density at radius 1 is 1.45 bits per heavy atom. The molecule has 0 spiro atoms. The molecule has 0 bridgehead atoms. The molecule has 0 rings (SSSR count). The van der Waals surface area contributed by atoms with Gasteiger partial charge in [-0.05, 0) is 7.05 Å². The maximum Gasteiger partial charge on any atom is 0.147 e. The van der Waals surface area contributed by atoms with E-state index in [0.717, 1.165) is 0 Å². The third kappa shape index (κ3) is 4.89. The maximum absolute atomic E-state index is 10.9. The molecule has 0 radical (unpaired) electrons. The fraction of sp³-hybridized carbons (Fsp3) is 0.857. The lowest BCUT2D eigenvalue weighted by Gasteiger charge is -2.08. The zero-order chi connectivity index (χ0) is 8.69. The molecule has 0 aliphatic carbocycles. The van der Waals surface area contributed by atoms with Gasteiger partial charge in [0.25, 0.3) is 0 Å². The second kappa shape index (κ2) is 6.27. The number of aliphatic hydroxyl groups excluding tert-OH is 2. The van der Waals surface area contributed by atoms with Gasteiger partial charge >= 0.3 is 0 Å². The van der Waals surface area contributed by atoms with Gasteiger partial charge in [0, 0.05) is 25.6 Å². The Balaban J connectivity index is 3.54. The van der Waals surface area contributed by atoms with Crippen molar-refractivity contribution in [3.63, 3.8) is 0 Å². The lowest BCUT2D eigenvalue weighted by Crippen LogP contribution is -2.23. The molecule has 0 fully saturated rings. The van der Waals surface area contributed by atoms with Gasteiger partial charge in [0.2, 0.25) is 0 Å². The van der Waals surface area contributed by atoms with Gasteiger partial charge in [0.1, 0.15) is 5.78 Å². The SMILES string of the molecule is CNCC(=O)CC(CO)CO. The lowest BCUT2D eigenvalue weighted by atomic mass is 10.1. The minimum atomic E-state index is -0.296. The van der Waals surface area contributed by atoms with Crippen molar-refractivity contribution in [2.45, 2.75) is 6.42 Å². The lowest BCUT2D eigenvalue weighted by molar-refractivity contribution is -0.119. The normalized spacial score (nSPS) is 10.5. The summed E-state index contributed by atoms with van der Waals surface area (Å²) in [7, 11) is 1.69. The molecule has 0 atom stereocenters. The van der Waals surface area contributed by atoms with Gasteiger partial charge in [-0.25, -0.2) is 0 Å². The number of ketones is 1. The first kappa shape index (κ1) is 10.6. The third-order valence-corrected chi connectivity index (χ3v) is 1.41. The van der Waals surface area contributed by atoms with Crippen LogP contribution in [-0.4, -0.2) is 42.8 Å². The van der Waals surface area contributed by atoms with Crippen LogP contribution in [0, 0.1) is 5.92 Å². The summed E-state index contributed by atoms with van der Waals surface area (Å²) in [5.74, 6) is -0.281. The minimum absolute atomic E-state index is 0.0144. The van der Waals surface area contributed by atoms with Gasteiger partial charge in [-0.15, -0.1) is 0 Å². The van der Waals surface area contributed by atoms with Gasteiger partial charge < -0.3 is 15.5 Å². The van der Waals surface area contributed by atoms with Crippen LogP contribution < -0.4 is 5.32 Å². The summed E-state index contributed by atoms with van der Waals surface area (Å²) in [6.45, 7) is 0.0361. The van der Waals surface area contributed by atoms with Gasteiger partial charge in [0.15, 0.2) is 0 Å². The van der Waals surface area contributed by atoms with E-state index in [4.69, 9.17) is 10.2 Å². The van der Waals surface area contributed by atoms with E-state index in [2.05, 4.69) is 5.32 Å². The number of hydrogen-bond acceptors (Lipinski definition) is 4. The summed E-state index contributed by atoms with van der Waals surface area (Å²) in [5.41, 5.74) is 0. The van der Waals surface area contributed by atoms with Gasteiger partial charge in [-0.3, -0.25) is 4.79 Å². The first-order valence-corrected chi connectivity index (χ1v) is 3.62. The Kier molecular flexibility index (Phi) is 6.02. The molecule has 4 nitrogen and oxygen atoms in total. The Hall–Kier alpha value is -0.450.